The first kappa shape index (κ1) is 34.1. The van der Waals surface area contributed by atoms with Crippen LogP contribution in [0.3, 0.4) is 0 Å². The van der Waals surface area contributed by atoms with Gasteiger partial charge >= 0.3 is 17.9 Å². The van der Waals surface area contributed by atoms with E-state index in [1.807, 2.05) is 4.90 Å². The number of carbonyl (C=O) groups excluding carboxylic acids is 2. The highest BCUT2D eigenvalue weighted by Crippen LogP contribution is 2.42. The van der Waals surface area contributed by atoms with E-state index >= 15 is 8.78 Å². The monoisotopic (exact) mass is 714 g/mol. The molecule has 0 N–H and O–H groups in total. The molecule has 4 aliphatic rings. The van der Waals surface area contributed by atoms with Crippen molar-refractivity contribution >= 4 is 39.4 Å². The maximum atomic E-state index is 17.2. The van der Waals surface area contributed by atoms with Gasteiger partial charge in [0.25, 0.3) is 0 Å². The van der Waals surface area contributed by atoms with E-state index in [0.29, 0.717) is 42.6 Å². The maximum absolute atomic E-state index is 17.2. The molecule has 0 amide bonds. The average Bonchev–Trinajstić information content (AvgIpc) is 3.72. The summed E-state index contributed by atoms with van der Waals surface area (Å²) >= 11 is 0. The second-order valence-corrected chi connectivity index (χ2v) is 14.1. The van der Waals surface area contributed by atoms with Crippen LogP contribution in [0.2, 0.25) is 0 Å². The summed E-state index contributed by atoms with van der Waals surface area (Å²) in [4.78, 5) is 44.4. The summed E-state index contributed by atoms with van der Waals surface area (Å²) in [6.45, 7) is 3.67. The third-order valence-corrected chi connectivity index (χ3v) is 11.0. The van der Waals surface area contributed by atoms with Crippen LogP contribution in [0.15, 0.2) is 30.5 Å². The van der Waals surface area contributed by atoms with Crippen molar-refractivity contribution < 1.29 is 37.0 Å². The Bertz CT molecular complexity index is 2150. The van der Waals surface area contributed by atoms with Crippen molar-refractivity contribution in [3.05, 3.63) is 47.7 Å². The second-order valence-electron chi connectivity index (χ2n) is 14.1. The molecule has 2 aromatic heterocycles. The molecule has 2 bridgehead atoms. The molecule has 4 saturated heterocycles. The van der Waals surface area contributed by atoms with Crippen molar-refractivity contribution in [1.29, 1.82) is 0 Å². The Labute approximate surface area is 298 Å². The molecule has 11 nitrogen and oxygen atoms in total. The van der Waals surface area contributed by atoms with E-state index in [0.717, 1.165) is 32.2 Å². The van der Waals surface area contributed by atoms with Crippen LogP contribution in [-0.4, -0.2) is 107 Å². The largest absolute Gasteiger partial charge is 0.468 e. The number of nitrogens with zero attached hydrogens (tertiary/aromatic N) is 6. The van der Waals surface area contributed by atoms with Crippen molar-refractivity contribution in [3.8, 4) is 35.4 Å². The lowest BCUT2D eigenvalue weighted by molar-refractivity contribution is -0.142. The molecule has 4 aromatic rings. The number of anilines is 1. The van der Waals surface area contributed by atoms with Crippen LogP contribution in [0.5, 0.6) is 11.8 Å². The molecule has 270 valence electrons. The fraction of sp³-hybridized carbons (Fsp3) is 0.447. The number of alkyl halides is 1. The molecule has 4 atom stereocenters. The zero-order valence-electron chi connectivity index (χ0n) is 28.8. The number of hydrogen-bond acceptors (Lipinski definition) is 11. The van der Waals surface area contributed by atoms with Gasteiger partial charge in [-0.1, -0.05) is 12.0 Å². The van der Waals surface area contributed by atoms with Crippen molar-refractivity contribution in [2.45, 2.75) is 62.8 Å². The average molecular weight is 715 g/mol. The number of rotatable bonds is 8. The van der Waals surface area contributed by atoms with E-state index < -0.39 is 29.3 Å². The zero-order valence-corrected chi connectivity index (χ0v) is 28.8. The van der Waals surface area contributed by atoms with Crippen LogP contribution >= 0.6 is 0 Å². The number of benzene rings is 2. The highest BCUT2D eigenvalue weighted by Gasteiger charge is 2.49. The summed E-state index contributed by atoms with van der Waals surface area (Å²) < 4.78 is 63.4. The number of aromatic nitrogens is 3. The van der Waals surface area contributed by atoms with E-state index in [1.165, 1.54) is 44.5 Å². The standard InChI is InChI=1S/C38H37F3N6O5/c1-4-27-30(40)9-6-22-12-26(52-21(2)48)13-28(32(22)27)34-33(41)35-29(15-42-34)36(45-17-24-7-8-25(18-45)47(24)19-31(49)50-3)44-37(43-35)51-20-38-10-5-11-46(38)16-23(39)14-38/h1,6,9,12-13,15,23-25H,5,7-8,10-11,14,16-20H2,2-3H3/t23-,24-,25+,38+/m1/s1. The summed E-state index contributed by atoms with van der Waals surface area (Å²) in [6, 6.07) is 5.59. The van der Waals surface area contributed by atoms with Gasteiger partial charge in [-0.05, 0) is 55.8 Å². The minimum absolute atomic E-state index is 0.0303. The smallest absolute Gasteiger partial charge is 0.319 e. The minimum Gasteiger partial charge on any atom is -0.468 e. The molecule has 52 heavy (non-hydrogen) atoms. The Morgan fingerprint density at radius 1 is 1.12 bits per heavy atom. The molecular weight excluding hydrogens is 677 g/mol. The van der Waals surface area contributed by atoms with Crippen molar-refractivity contribution in [3.63, 3.8) is 0 Å². The lowest BCUT2D eigenvalue weighted by Gasteiger charge is -2.41. The van der Waals surface area contributed by atoms with Crippen LogP contribution in [0.4, 0.5) is 19.0 Å². The highest BCUT2D eigenvalue weighted by molar-refractivity contribution is 6.03. The van der Waals surface area contributed by atoms with Gasteiger partial charge in [-0.2, -0.15) is 9.97 Å². The zero-order chi connectivity index (χ0) is 36.3. The number of terminal acetylenes is 1. The van der Waals surface area contributed by atoms with Gasteiger partial charge in [-0.3, -0.25) is 24.4 Å². The fourth-order valence-corrected chi connectivity index (χ4v) is 8.76. The number of pyridine rings is 1. The first-order chi connectivity index (χ1) is 25.1. The number of ether oxygens (including phenoxy) is 3. The Kier molecular flexibility index (Phi) is 8.66. The first-order valence-electron chi connectivity index (χ1n) is 17.4. The lowest BCUT2D eigenvalue weighted by atomic mass is 9.95. The molecule has 0 unspecified atom stereocenters. The van der Waals surface area contributed by atoms with Gasteiger partial charge in [-0.25, -0.2) is 13.2 Å². The second kappa shape index (κ2) is 13.2. The summed E-state index contributed by atoms with van der Waals surface area (Å²) in [5.74, 6) is 0.462. The van der Waals surface area contributed by atoms with E-state index in [-0.39, 0.29) is 70.7 Å². The quantitative estimate of drug-likeness (QED) is 0.143. The van der Waals surface area contributed by atoms with Crippen molar-refractivity contribution in [2.75, 3.05) is 51.3 Å². The molecule has 0 spiro atoms. The molecule has 14 heteroatoms. The van der Waals surface area contributed by atoms with Gasteiger partial charge in [0.2, 0.25) is 0 Å². The number of esters is 2. The topological polar surface area (TPSA) is 110 Å². The van der Waals surface area contributed by atoms with E-state index in [2.05, 4.69) is 25.7 Å². The van der Waals surface area contributed by atoms with Crippen LogP contribution in [0, 0.1) is 24.0 Å². The Morgan fingerprint density at radius 3 is 2.63 bits per heavy atom. The number of hydrogen-bond donors (Lipinski definition) is 0. The molecule has 6 heterocycles. The molecule has 0 saturated carbocycles. The molecule has 0 radical (unpaired) electrons. The molecule has 8 rings (SSSR count). The third kappa shape index (κ3) is 5.85. The van der Waals surface area contributed by atoms with Gasteiger partial charge in [-0.15, -0.1) is 6.42 Å². The predicted molar refractivity (Wildman–Crippen MR) is 186 cm³/mol. The van der Waals surface area contributed by atoms with E-state index in [4.69, 9.17) is 25.6 Å². The molecule has 4 fully saturated rings. The van der Waals surface area contributed by atoms with Gasteiger partial charge in [0.1, 0.15) is 41.4 Å². The summed E-state index contributed by atoms with van der Waals surface area (Å²) in [7, 11) is 1.37. The summed E-state index contributed by atoms with van der Waals surface area (Å²) in [6.07, 6.45) is 10.0. The summed E-state index contributed by atoms with van der Waals surface area (Å²) in [5, 5.41) is 0.958. The highest BCUT2D eigenvalue weighted by atomic mass is 19.1. The van der Waals surface area contributed by atoms with Crippen LogP contribution in [0.1, 0.15) is 44.6 Å². The van der Waals surface area contributed by atoms with Gasteiger partial charge in [0, 0.05) is 62.2 Å². The molecule has 2 aromatic carbocycles. The Balaban J connectivity index is 1.26. The van der Waals surface area contributed by atoms with Crippen LogP contribution in [-0.2, 0) is 14.3 Å². The first-order valence-corrected chi connectivity index (χ1v) is 17.4. The lowest BCUT2D eigenvalue weighted by Crippen LogP contribution is -2.55. The van der Waals surface area contributed by atoms with Crippen molar-refractivity contribution in [2.24, 2.45) is 0 Å². The minimum atomic E-state index is -0.963. The van der Waals surface area contributed by atoms with E-state index in [9.17, 15) is 14.0 Å². The van der Waals surface area contributed by atoms with Crippen LogP contribution < -0.4 is 14.4 Å². The Morgan fingerprint density at radius 2 is 1.90 bits per heavy atom. The Hall–Kier alpha value is -5.00. The maximum Gasteiger partial charge on any atom is 0.319 e. The number of fused-ring (bicyclic) bond motifs is 5. The number of methoxy groups -OCH3 is 1. The normalized spacial score (nSPS) is 24.3. The van der Waals surface area contributed by atoms with Gasteiger partial charge in [0.05, 0.1) is 30.1 Å². The third-order valence-electron chi connectivity index (χ3n) is 11.0. The fourth-order valence-electron chi connectivity index (χ4n) is 8.76. The van der Waals surface area contributed by atoms with Crippen molar-refractivity contribution in [1.82, 2.24) is 24.8 Å². The SMILES string of the molecule is C#Cc1c(F)ccc2cc(OC(C)=O)cc(-c3ncc4c(N5C[C@H]6CC[C@@H](C5)N6CC(=O)OC)nc(OC[C@@]56CCCN5C[C@H](F)C6)nc4c3F)c12. The number of carbonyl (C=O) groups is 2. The predicted octanol–water partition coefficient (Wildman–Crippen LogP) is 4.81. The number of piperazine rings is 1. The van der Waals surface area contributed by atoms with Gasteiger partial charge in [0.15, 0.2) is 5.82 Å². The van der Waals surface area contributed by atoms with Crippen LogP contribution in [0.25, 0.3) is 32.9 Å². The molecule has 4 aliphatic heterocycles. The van der Waals surface area contributed by atoms with E-state index in [1.54, 1.807) is 0 Å². The molecule has 0 aliphatic carbocycles. The number of halogens is 3. The van der Waals surface area contributed by atoms with Gasteiger partial charge < -0.3 is 19.1 Å². The molecular formula is C38H37F3N6O5. The summed E-state index contributed by atoms with van der Waals surface area (Å²) in [5.41, 5.74) is -0.764.